The van der Waals surface area contributed by atoms with Crippen LogP contribution in [-0.4, -0.2) is 33.9 Å². The normalized spacial score (nSPS) is 21.2. The average molecular weight is 427 g/mol. The minimum Gasteiger partial charge on any atom is -0.492 e. The van der Waals surface area contributed by atoms with Gasteiger partial charge in [0.2, 0.25) is 0 Å². The first-order valence-corrected chi connectivity index (χ1v) is 10.4. The van der Waals surface area contributed by atoms with E-state index < -0.39 is 11.7 Å². The molecular formula is C24H18FN5O2. The van der Waals surface area contributed by atoms with Gasteiger partial charge in [-0.05, 0) is 24.1 Å². The summed E-state index contributed by atoms with van der Waals surface area (Å²) in [5.41, 5.74) is 3.90. The molecule has 3 heterocycles. The van der Waals surface area contributed by atoms with Crippen molar-refractivity contribution in [3.05, 3.63) is 71.1 Å². The lowest BCUT2D eigenvalue weighted by Crippen LogP contribution is -2.19. The first-order chi connectivity index (χ1) is 15.6. The molecule has 0 radical (unpaired) electrons. The Morgan fingerprint density at radius 1 is 1.28 bits per heavy atom. The van der Waals surface area contributed by atoms with Crippen molar-refractivity contribution in [3.8, 4) is 11.8 Å². The number of imidazole rings is 1. The zero-order valence-electron chi connectivity index (χ0n) is 17.2. The fraction of sp³-hybridized carbons (Fsp3) is 0.250. The number of nitrogens with one attached hydrogen (secondary N) is 1. The zero-order chi connectivity index (χ0) is 22.0. The molecule has 0 spiro atoms. The van der Waals surface area contributed by atoms with Crippen molar-refractivity contribution in [2.75, 3.05) is 13.7 Å². The van der Waals surface area contributed by atoms with Gasteiger partial charge < -0.3 is 10.1 Å². The van der Waals surface area contributed by atoms with Crippen molar-refractivity contribution in [2.24, 2.45) is 5.92 Å². The summed E-state index contributed by atoms with van der Waals surface area (Å²) in [4.78, 5) is 21.1. The van der Waals surface area contributed by atoms with Crippen molar-refractivity contribution in [2.45, 2.75) is 18.3 Å². The Morgan fingerprint density at radius 2 is 2.12 bits per heavy atom. The molecule has 2 aromatic heterocycles. The van der Waals surface area contributed by atoms with Crippen LogP contribution in [0.15, 0.2) is 42.7 Å². The van der Waals surface area contributed by atoms with E-state index in [4.69, 9.17) is 10.00 Å². The molecule has 0 bridgehead atoms. The molecule has 1 aliphatic carbocycles. The molecule has 1 aliphatic heterocycles. The highest BCUT2D eigenvalue weighted by Crippen LogP contribution is 2.49. The number of hydrogen-bond acceptors (Lipinski definition) is 5. The Morgan fingerprint density at radius 3 is 2.91 bits per heavy atom. The van der Waals surface area contributed by atoms with E-state index in [2.05, 4.69) is 33.5 Å². The fourth-order valence-electron chi connectivity index (χ4n) is 4.63. The molecule has 0 saturated heterocycles. The number of nitrogens with zero attached hydrogens (tertiary/aromatic N) is 4. The van der Waals surface area contributed by atoms with E-state index in [0.29, 0.717) is 17.6 Å². The smallest absolute Gasteiger partial charge is 0.254 e. The van der Waals surface area contributed by atoms with Crippen LogP contribution in [0.3, 0.4) is 0 Å². The highest BCUT2D eigenvalue weighted by atomic mass is 19.1. The first-order valence-electron chi connectivity index (χ1n) is 10.4. The molecule has 1 amide bonds. The molecule has 8 heteroatoms. The Hall–Kier alpha value is -3.99. The Bertz CT molecular complexity index is 1470. The third-order valence-electron chi connectivity index (χ3n) is 6.44. The van der Waals surface area contributed by atoms with Gasteiger partial charge in [0.15, 0.2) is 0 Å². The third-order valence-corrected chi connectivity index (χ3v) is 6.44. The fourth-order valence-corrected chi connectivity index (χ4v) is 4.63. The summed E-state index contributed by atoms with van der Waals surface area (Å²) in [5, 5.41) is 11.6. The molecule has 0 unspecified atom stereocenters. The number of aromatic nitrogens is 3. The van der Waals surface area contributed by atoms with Crippen LogP contribution >= 0.6 is 0 Å². The van der Waals surface area contributed by atoms with Crippen LogP contribution in [0.1, 0.15) is 45.6 Å². The largest absolute Gasteiger partial charge is 0.492 e. The van der Waals surface area contributed by atoms with E-state index in [1.54, 1.807) is 12.4 Å². The molecular weight excluding hydrogens is 409 g/mol. The number of halogens is 1. The zero-order valence-corrected chi connectivity index (χ0v) is 17.2. The maximum atomic E-state index is 14.5. The number of hydrogen-bond donors (Lipinski definition) is 1. The third kappa shape index (κ3) is 2.67. The monoisotopic (exact) mass is 427 g/mol. The number of amides is 1. The molecule has 1 saturated carbocycles. The molecule has 4 aromatic rings. The summed E-state index contributed by atoms with van der Waals surface area (Å²) in [6.07, 6.45) is 4.26. The van der Waals surface area contributed by atoms with E-state index in [-0.39, 0.29) is 23.3 Å². The SMILES string of the molecule is CNC(=O)c1cc2c(cc1F)ncc1cnc([C@H]3COc4cc([C@@H]5C[C@H]5C#N)ccc43)n12. The molecule has 2 aliphatic rings. The Labute approximate surface area is 182 Å². The van der Waals surface area contributed by atoms with E-state index in [9.17, 15) is 9.18 Å². The predicted molar refractivity (Wildman–Crippen MR) is 114 cm³/mol. The second-order valence-electron chi connectivity index (χ2n) is 8.27. The van der Waals surface area contributed by atoms with Gasteiger partial charge in [-0.25, -0.2) is 9.37 Å². The molecule has 1 fully saturated rings. The van der Waals surface area contributed by atoms with Crippen molar-refractivity contribution >= 4 is 22.5 Å². The van der Waals surface area contributed by atoms with E-state index in [1.165, 1.54) is 19.2 Å². The summed E-state index contributed by atoms with van der Waals surface area (Å²) in [5.74, 6) is 0.692. The van der Waals surface area contributed by atoms with Gasteiger partial charge in [-0.1, -0.05) is 12.1 Å². The predicted octanol–water partition coefficient (Wildman–Crippen LogP) is 3.53. The topological polar surface area (TPSA) is 92.3 Å². The Balaban J connectivity index is 1.48. The van der Waals surface area contributed by atoms with Crippen LogP contribution in [-0.2, 0) is 0 Å². The van der Waals surface area contributed by atoms with Gasteiger partial charge in [0.1, 0.15) is 24.0 Å². The summed E-state index contributed by atoms with van der Waals surface area (Å²) in [7, 11) is 1.47. The number of benzene rings is 2. The second kappa shape index (κ2) is 6.76. The second-order valence-corrected chi connectivity index (χ2v) is 8.27. The first kappa shape index (κ1) is 18.8. The standard InChI is InChI=1S/C24H18FN5O2/c1-27-24(31)17-6-21-20(7-19(17)25)28-9-14-10-29-23(30(14)21)18-11-32-22-5-12(2-3-15(18)22)16-4-13(16)8-26/h2-3,5-7,9-10,13,16,18H,4,11H2,1H3,(H,27,31)/t13-,16-,18-/m0/s1. The van der Waals surface area contributed by atoms with E-state index >= 15 is 0 Å². The van der Waals surface area contributed by atoms with Crippen molar-refractivity contribution in [1.29, 1.82) is 5.26 Å². The minimum atomic E-state index is -0.622. The summed E-state index contributed by atoms with van der Waals surface area (Å²) in [6.45, 7) is 0.428. The molecule has 7 nitrogen and oxygen atoms in total. The lowest BCUT2D eigenvalue weighted by Gasteiger charge is -2.12. The van der Waals surface area contributed by atoms with Gasteiger partial charge in [-0.15, -0.1) is 0 Å². The number of carbonyl (C=O) groups is 1. The van der Waals surface area contributed by atoms with Crippen LogP contribution < -0.4 is 10.1 Å². The van der Waals surface area contributed by atoms with Crippen LogP contribution in [0.5, 0.6) is 5.75 Å². The summed E-state index contributed by atoms with van der Waals surface area (Å²) >= 11 is 0. The number of rotatable bonds is 3. The van der Waals surface area contributed by atoms with Crippen LogP contribution in [0, 0.1) is 23.1 Å². The lowest BCUT2D eigenvalue weighted by molar-refractivity contribution is 0.0959. The minimum absolute atomic E-state index is 0.0434. The van der Waals surface area contributed by atoms with E-state index in [0.717, 1.165) is 34.6 Å². The maximum Gasteiger partial charge on any atom is 0.254 e. The van der Waals surface area contributed by atoms with Gasteiger partial charge in [0.05, 0.1) is 52.4 Å². The number of carbonyl (C=O) groups excluding carboxylic acids is 1. The maximum absolute atomic E-state index is 14.5. The molecule has 3 atom stereocenters. The average Bonchev–Trinajstić information content (AvgIpc) is 3.30. The lowest BCUT2D eigenvalue weighted by atomic mass is 9.97. The van der Waals surface area contributed by atoms with Gasteiger partial charge in [-0.3, -0.25) is 14.2 Å². The number of fused-ring (bicyclic) bond motifs is 4. The molecule has 2 aromatic carbocycles. The number of ether oxygens (including phenoxy) is 1. The molecule has 32 heavy (non-hydrogen) atoms. The molecule has 158 valence electrons. The van der Waals surface area contributed by atoms with Gasteiger partial charge in [0.25, 0.3) is 5.91 Å². The van der Waals surface area contributed by atoms with Gasteiger partial charge in [-0.2, -0.15) is 5.26 Å². The van der Waals surface area contributed by atoms with Crippen LogP contribution in [0.4, 0.5) is 4.39 Å². The molecule has 1 N–H and O–H groups in total. The summed E-state index contributed by atoms with van der Waals surface area (Å²) in [6, 6.07) is 11.3. The summed E-state index contributed by atoms with van der Waals surface area (Å²) < 4.78 is 22.4. The highest BCUT2D eigenvalue weighted by Gasteiger charge is 2.40. The van der Waals surface area contributed by atoms with Gasteiger partial charge >= 0.3 is 0 Å². The number of nitriles is 1. The van der Waals surface area contributed by atoms with Crippen LogP contribution in [0.25, 0.3) is 16.6 Å². The van der Waals surface area contributed by atoms with Crippen molar-refractivity contribution < 1.29 is 13.9 Å². The Kier molecular flexibility index (Phi) is 3.96. The van der Waals surface area contributed by atoms with Crippen molar-refractivity contribution in [3.63, 3.8) is 0 Å². The van der Waals surface area contributed by atoms with Crippen LogP contribution in [0.2, 0.25) is 0 Å². The van der Waals surface area contributed by atoms with E-state index in [1.807, 2.05) is 10.5 Å². The molecule has 6 rings (SSSR count). The van der Waals surface area contributed by atoms with Gasteiger partial charge in [0, 0.05) is 24.6 Å². The van der Waals surface area contributed by atoms with Crippen molar-refractivity contribution in [1.82, 2.24) is 19.7 Å². The quantitative estimate of drug-likeness (QED) is 0.540. The highest BCUT2D eigenvalue weighted by molar-refractivity contribution is 5.97.